The molecule has 6 rings (SSSR count). The molecule has 0 saturated carbocycles. The summed E-state index contributed by atoms with van der Waals surface area (Å²) in [5, 5.41) is 3.88. The molecule has 0 aliphatic carbocycles. The van der Waals surface area contributed by atoms with E-state index in [1.165, 1.54) is 0 Å². The number of amides is 1. The number of aromatic amines is 2. The summed E-state index contributed by atoms with van der Waals surface area (Å²) in [5.74, 6) is 0.202. The van der Waals surface area contributed by atoms with Gasteiger partial charge in [0, 0.05) is 35.9 Å². The topological polar surface area (TPSA) is 73.9 Å². The lowest BCUT2D eigenvalue weighted by molar-refractivity contribution is -0.894. The maximum absolute atomic E-state index is 12.9. The Kier molecular flexibility index (Phi) is 5.53. The molecule has 1 aliphatic heterocycles. The zero-order chi connectivity index (χ0) is 25.7. The summed E-state index contributed by atoms with van der Waals surface area (Å²) in [6.45, 7) is 3.65. The number of fused-ring (bicyclic) bond motifs is 5. The van der Waals surface area contributed by atoms with Crippen LogP contribution in [0.4, 0.5) is 0 Å². The molecular weight excluding hydrogens is 462 g/mol. The van der Waals surface area contributed by atoms with E-state index in [2.05, 4.69) is 65.0 Å². The molecule has 0 unspecified atom stereocenters. The molecule has 1 amide bonds. The Hall–Kier alpha value is -4.10. The molecule has 4 heterocycles. The van der Waals surface area contributed by atoms with Crippen molar-refractivity contribution in [2.24, 2.45) is 7.05 Å². The van der Waals surface area contributed by atoms with Crippen molar-refractivity contribution in [1.29, 1.82) is 0 Å². The van der Waals surface area contributed by atoms with Crippen LogP contribution in [-0.2, 0) is 18.3 Å². The van der Waals surface area contributed by atoms with Crippen LogP contribution >= 0.6 is 0 Å². The molecule has 0 spiro atoms. The van der Waals surface area contributed by atoms with Crippen LogP contribution in [0.2, 0.25) is 0 Å². The largest absolute Gasteiger partial charge is 0.361 e. The standard InChI is InChI=1S/C30H31N5O2/c1-33-26-19-32-30(37)28(26)24-10-8-22-18-31-23(17-25(22)29(24)33)9-7-20-5-4-6-21(15-20)16-27(36)34-11-13-35(2,3)14-12-34/h4-10,15,17-19H,11-14,16H2,1-3H3,(H-,31,32,37)/p+1. The predicted molar refractivity (Wildman–Crippen MR) is 150 cm³/mol. The zero-order valence-electron chi connectivity index (χ0n) is 21.5. The van der Waals surface area contributed by atoms with E-state index in [1.807, 2.05) is 36.3 Å². The molecule has 188 valence electrons. The van der Waals surface area contributed by atoms with Crippen LogP contribution in [0.1, 0.15) is 16.8 Å². The number of hydrogen-bond acceptors (Lipinski definition) is 2. The van der Waals surface area contributed by atoms with Crippen LogP contribution in [0, 0.1) is 0 Å². The van der Waals surface area contributed by atoms with Gasteiger partial charge in [-0.3, -0.25) is 9.59 Å². The number of rotatable bonds is 4. The lowest BCUT2D eigenvalue weighted by Gasteiger charge is -2.39. The molecule has 1 saturated heterocycles. The second-order valence-corrected chi connectivity index (χ2v) is 10.8. The van der Waals surface area contributed by atoms with Crippen LogP contribution < -0.4 is 5.56 Å². The van der Waals surface area contributed by atoms with Gasteiger partial charge in [0.05, 0.1) is 63.1 Å². The fourth-order valence-corrected chi connectivity index (χ4v) is 5.49. The third-order valence-electron chi connectivity index (χ3n) is 7.80. The van der Waals surface area contributed by atoms with Crippen molar-refractivity contribution in [3.8, 4) is 0 Å². The molecule has 3 aromatic heterocycles. The average molecular weight is 495 g/mol. The van der Waals surface area contributed by atoms with E-state index in [9.17, 15) is 9.59 Å². The van der Waals surface area contributed by atoms with Crippen molar-refractivity contribution in [3.63, 3.8) is 0 Å². The summed E-state index contributed by atoms with van der Waals surface area (Å²) < 4.78 is 3.06. The van der Waals surface area contributed by atoms with Gasteiger partial charge in [0.25, 0.3) is 5.56 Å². The second-order valence-electron chi connectivity index (χ2n) is 10.8. The first kappa shape index (κ1) is 23.3. The van der Waals surface area contributed by atoms with Crippen LogP contribution in [0.3, 0.4) is 0 Å². The van der Waals surface area contributed by atoms with Crippen molar-refractivity contribution >= 4 is 50.6 Å². The molecule has 2 aromatic carbocycles. The number of carbonyl (C=O) groups is 1. The van der Waals surface area contributed by atoms with Gasteiger partial charge in [-0.15, -0.1) is 0 Å². The van der Waals surface area contributed by atoms with E-state index in [1.54, 1.807) is 6.20 Å². The van der Waals surface area contributed by atoms with Crippen molar-refractivity contribution in [1.82, 2.24) is 19.4 Å². The number of nitrogens with one attached hydrogen (secondary N) is 2. The second kappa shape index (κ2) is 8.78. The van der Waals surface area contributed by atoms with Gasteiger partial charge in [-0.05, 0) is 28.7 Å². The highest BCUT2D eigenvalue weighted by atomic mass is 16.2. The van der Waals surface area contributed by atoms with Crippen LogP contribution in [-0.4, -0.2) is 70.1 Å². The number of piperazine rings is 1. The van der Waals surface area contributed by atoms with Crippen LogP contribution in [0.25, 0.3) is 44.7 Å². The number of nitrogens with zero attached hydrogens (tertiary/aromatic N) is 3. The molecule has 0 radical (unpaired) electrons. The number of carbonyl (C=O) groups excluding carboxylic acids is 1. The van der Waals surface area contributed by atoms with Crippen molar-refractivity contribution in [3.05, 3.63) is 82.0 Å². The summed E-state index contributed by atoms with van der Waals surface area (Å²) in [6.07, 6.45) is 8.34. The Morgan fingerprint density at radius 2 is 1.81 bits per heavy atom. The molecular formula is C30H32N5O2+. The highest BCUT2D eigenvalue weighted by Gasteiger charge is 2.27. The van der Waals surface area contributed by atoms with Crippen molar-refractivity contribution in [2.75, 3.05) is 40.3 Å². The number of H-pyrrole nitrogens is 2. The zero-order valence-corrected chi connectivity index (χ0v) is 21.5. The normalized spacial score (nSPS) is 15.9. The summed E-state index contributed by atoms with van der Waals surface area (Å²) in [7, 11) is 6.44. The van der Waals surface area contributed by atoms with Gasteiger partial charge in [0.15, 0.2) is 0 Å². The minimum atomic E-state index is -0.0516. The van der Waals surface area contributed by atoms with Gasteiger partial charge in [-0.1, -0.05) is 42.5 Å². The van der Waals surface area contributed by atoms with Crippen LogP contribution in [0.5, 0.6) is 0 Å². The lowest BCUT2D eigenvalue weighted by Crippen LogP contribution is -2.56. The van der Waals surface area contributed by atoms with E-state index in [4.69, 9.17) is 0 Å². The van der Waals surface area contributed by atoms with Crippen molar-refractivity contribution < 1.29 is 9.28 Å². The highest BCUT2D eigenvalue weighted by molar-refractivity contribution is 6.17. The molecule has 2 N–H and O–H groups in total. The summed E-state index contributed by atoms with van der Waals surface area (Å²) >= 11 is 0. The van der Waals surface area contributed by atoms with Gasteiger partial charge in [0.2, 0.25) is 5.91 Å². The first-order chi connectivity index (χ1) is 17.8. The molecule has 1 fully saturated rings. The third kappa shape index (κ3) is 4.25. The first-order valence-electron chi connectivity index (χ1n) is 12.8. The highest BCUT2D eigenvalue weighted by Crippen LogP contribution is 2.32. The average Bonchev–Trinajstić information content (AvgIpc) is 3.40. The summed E-state index contributed by atoms with van der Waals surface area (Å²) in [6, 6.07) is 14.4. The Labute approximate surface area is 215 Å². The van der Waals surface area contributed by atoms with E-state index < -0.39 is 0 Å². The molecule has 37 heavy (non-hydrogen) atoms. The Bertz CT molecular complexity index is 1740. The molecule has 7 nitrogen and oxygen atoms in total. The number of quaternary nitrogens is 1. The fraction of sp³-hybridized carbons (Fsp3) is 0.267. The molecule has 0 atom stereocenters. The van der Waals surface area contributed by atoms with E-state index in [-0.39, 0.29) is 11.5 Å². The Morgan fingerprint density at radius 3 is 2.62 bits per heavy atom. The Balaban J connectivity index is 1.26. The smallest absolute Gasteiger partial charge is 0.258 e. The van der Waals surface area contributed by atoms with Gasteiger partial charge >= 0.3 is 0 Å². The van der Waals surface area contributed by atoms with E-state index in [0.717, 1.165) is 80.1 Å². The minimum Gasteiger partial charge on any atom is -0.361 e. The quantitative estimate of drug-likeness (QED) is 0.369. The number of pyridine rings is 1. The molecule has 5 aromatic rings. The monoisotopic (exact) mass is 494 g/mol. The SMILES string of the molecule is Cn1c2c[nH]c(=O)c2c2ccc3c[nH]c(C=Cc4cccc(CC(=O)N5CC[N+](C)(C)CC5)c4)cc3c21. The summed E-state index contributed by atoms with van der Waals surface area (Å²) in [4.78, 5) is 33.4. The maximum atomic E-state index is 12.9. The molecule has 1 aliphatic rings. The van der Waals surface area contributed by atoms with Gasteiger partial charge in [-0.2, -0.15) is 0 Å². The van der Waals surface area contributed by atoms with Gasteiger partial charge < -0.3 is 23.9 Å². The van der Waals surface area contributed by atoms with Gasteiger partial charge in [0.1, 0.15) is 0 Å². The first-order valence-corrected chi connectivity index (χ1v) is 12.8. The fourth-order valence-electron chi connectivity index (χ4n) is 5.49. The Morgan fingerprint density at radius 1 is 1.00 bits per heavy atom. The summed E-state index contributed by atoms with van der Waals surface area (Å²) in [5.41, 5.74) is 4.96. The van der Waals surface area contributed by atoms with E-state index in [0.29, 0.717) is 6.42 Å². The minimum absolute atomic E-state index is 0.0516. The van der Waals surface area contributed by atoms with E-state index >= 15 is 0 Å². The predicted octanol–water partition coefficient (Wildman–Crippen LogP) is 4.13. The molecule has 7 heteroatoms. The number of hydrogen-bond donors (Lipinski definition) is 2. The number of likely N-dealkylation sites (N-methyl/N-ethyl adjacent to an activating group) is 1. The number of aromatic nitrogens is 3. The molecule has 0 bridgehead atoms. The number of aryl methyl sites for hydroxylation is 1. The van der Waals surface area contributed by atoms with Gasteiger partial charge in [-0.25, -0.2) is 0 Å². The number of benzene rings is 2. The van der Waals surface area contributed by atoms with Crippen LogP contribution in [0.15, 0.2) is 59.7 Å². The van der Waals surface area contributed by atoms with Crippen molar-refractivity contribution in [2.45, 2.75) is 6.42 Å². The lowest BCUT2D eigenvalue weighted by atomic mass is 10.1. The maximum Gasteiger partial charge on any atom is 0.258 e. The third-order valence-corrected chi connectivity index (χ3v) is 7.80.